The van der Waals surface area contributed by atoms with Gasteiger partial charge in [0.1, 0.15) is 27.4 Å². The van der Waals surface area contributed by atoms with Crippen LogP contribution in [0, 0.1) is 0 Å². The summed E-state index contributed by atoms with van der Waals surface area (Å²) in [5.74, 6) is 2.56. The Morgan fingerprint density at radius 3 is 2.78 bits per heavy atom. The number of fused-ring (bicyclic) bond motifs is 1. The Kier molecular flexibility index (Phi) is 7.77. The second kappa shape index (κ2) is 9.82. The van der Waals surface area contributed by atoms with Gasteiger partial charge in [0, 0.05) is 36.9 Å². The monoisotopic (exact) mass is 397 g/mol. The third-order valence-corrected chi connectivity index (χ3v) is 5.15. The fourth-order valence-corrected chi connectivity index (χ4v) is 3.61. The van der Waals surface area contributed by atoms with Crippen molar-refractivity contribution in [3.8, 4) is 11.5 Å². The van der Waals surface area contributed by atoms with Crippen molar-refractivity contribution >= 4 is 15.8 Å². The lowest BCUT2D eigenvalue weighted by molar-refractivity contribution is 0.254. The Balaban J connectivity index is 2.06. The molecular weight excluding hydrogens is 366 g/mol. The Labute approximate surface area is 162 Å². The summed E-state index contributed by atoms with van der Waals surface area (Å²) < 4.78 is 34.1. The number of ether oxygens (including phenoxy) is 2. The van der Waals surface area contributed by atoms with E-state index in [0.29, 0.717) is 32.1 Å². The van der Waals surface area contributed by atoms with E-state index in [1.165, 1.54) is 11.8 Å². The van der Waals surface area contributed by atoms with Gasteiger partial charge in [-0.15, -0.1) is 0 Å². The van der Waals surface area contributed by atoms with Crippen molar-refractivity contribution < 1.29 is 17.9 Å². The molecule has 27 heavy (non-hydrogen) atoms. The number of rotatable bonds is 9. The van der Waals surface area contributed by atoms with Crippen molar-refractivity contribution in [1.82, 2.24) is 10.6 Å². The lowest BCUT2D eigenvalue weighted by Crippen LogP contribution is -2.38. The number of nitrogens with zero attached hydrogens (tertiary/aromatic N) is 1. The zero-order valence-corrected chi connectivity index (χ0v) is 17.5. The van der Waals surface area contributed by atoms with Crippen LogP contribution in [-0.4, -0.2) is 52.2 Å². The maximum Gasteiger partial charge on any atom is 0.191 e. The number of hydrogen-bond acceptors (Lipinski definition) is 5. The van der Waals surface area contributed by atoms with Crippen LogP contribution in [-0.2, 0) is 22.8 Å². The van der Waals surface area contributed by atoms with Crippen LogP contribution in [0.3, 0.4) is 0 Å². The van der Waals surface area contributed by atoms with Crippen LogP contribution < -0.4 is 20.1 Å². The normalized spacial score (nSPS) is 16.6. The maximum atomic E-state index is 11.2. The third kappa shape index (κ3) is 6.93. The van der Waals surface area contributed by atoms with Crippen LogP contribution in [0.25, 0.3) is 0 Å². The Bertz CT molecular complexity index is 762. The molecule has 8 heteroatoms. The minimum absolute atomic E-state index is 0.161. The molecule has 0 radical (unpaired) electrons. The number of sulfone groups is 1. The first-order valence-corrected chi connectivity index (χ1v) is 11.5. The SMILES string of the molecule is CCNC(=NCc1cc2c(cc1OCC)CC(C)O2)NCCCS(C)(=O)=O. The van der Waals surface area contributed by atoms with E-state index in [4.69, 9.17) is 9.47 Å². The molecule has 1 aromatic rings. The minimum atomic E-state index is -2.94. The molecule has 0 saturated carbocycles. The summed E-state index contributed by atoms with van der Waals surface area (Å²) in [6.45, 7) is 8.32. The molecule has 1 aromatic carbocycles. The molecule has 2 N–H and O–H groups in total. The summed E-state index contributed by atoms with van der Waals surface area (Å²) in [6, 6.07) is 4.07. The second-order valence-corrected chi connectivity index (χ2v) is 9.00. The highest BCUT2D eigenvalue weighted by Crippen LogP contribution is 2.35. The summed E-state index contributed by atoms with van der Waals surface area (Å²) in [7, 11) is -2.94. The molecule has 152 valence electrons. The number of guanidine groups is 1. The fourth-order valence-electron chi connectivity index (χ4n) is 2.94. The van der Waals surface area contributed by atoms with Gasteiger partial charge < -0.3 is 20.1 Å². The fraction of sp³-hybridized carbons (Fsp3) is 0.632. The molecule has 1 atom stereocenters. The van der Waals surface area contributed by atoms with Crippen LogP contribution in [0.1, 0.15) is 38.3 Å². The van der Waals surface area contributed by atoms with E-state index >= 15 is 0 Å². The quantitative estimate of drug-likeness (QED) is 0.376. The van der Waals surface area contributed by atoms with Crippen LogP contribution in [0.2, 0.25) is 0 Å². The molecule has 7 nitrogen and oxygen atoms in total. The van der Waals surface area contributed by atoms with E-state index in [1.54, 1.807) is 0 Å². The van der Waals surface area contributed by atoms with E-state index in [1.807, 2.05) is 19.9 Å². The summed E-state index contributed by atoms with van der Waals surface area (Å²) in [5.41, 5.74) is 2.14. The van der Waals surface area contributed by atoms with E-state index in [0.717, 1.165) is 30.0 Å². The standard InChI is InChI=1S/C19H31N3O4S/c1-5-20-19(21-8-7-9-27(4,23)24)22-13-16-12-18-15(10-14(3)26-18)11-17(16)25-6-2/h11-12,14H,5-10,13H2,1-4H3,(H2,20,21,22). The molecule has 0 saturated heterocycles. The van der Waals surface area contributed by atoms with Crippen molar-refractivity contribution in [3.05, 3.63) is 23.3 Å². The molecule has 1 aliphatic heterocycles. The molecule has 0 spiro atoms. The highest BCUT2D eigenvalue weighted by molar-refractivity contribution is 7.90. The first-order valence-electron chi connectivity index (χ1n) is 9.47. The largest absolute Gasteiger partial charge is 0.494 e. The van der Waals surface area contributed by atoms with Crippen molar-refractivity contribution in [2.24, 2.45) is 4.99 Å². The molecule has 0 bridgehead atoms. The van der Waals surface area contributed by atoms with Crippen LogP contribution in [0.5, 0.6) is 11.5 Å². The van der Waals surface area contributed by atoms with Gasteiger partial charge in [-0.05, 0) is 39.3 Å². The molecule has 2 rings (SSSR count). The third-order valence-electron chi connectivity index (χ3n) is 4.12. The molecule has 0 aromatic heterocycles. The van der Waals surface area contributed by atoms with Crippen LogP contribution >= 0.6 is 0 Å². The number of hydrogen-bond donors (Lipinski definition) is 2. The Hall–Kier alpha value is -1.96. The van der Waals surface area contributed by atoms with Gasteiger partial charge in [-0.3, -0.25) is 0 Å². The van der Waals surface area contributed by atoms with Gasteiger partial charge in [-0.25, -0.2) is 13.4 Å². The lowest BCUT2D eigenvalue weighted by atomic mass is 10.1. The van der Waals surface area contributed by atoms with Crippen LogP contribution in [0.15, 0.2) is 17.1 Å². The molecule has 0 amide bonds. The van der Waals surface area contributed by atoms with Gasteiger partial charge in [0.2, 0.25) is 0 Å². The predicted octanol–water partition coefficient (Wildman–Crippen LogP) is 1.90. The first-order chi connectivity index (χ1) is 12.8. The Morgan fingerprint density at radius 2 is 2.11 bits per heavy atom. The maximum absolute atomic E-state index is 11.2. The molecule has 1 unspecified atom stereocenters. The van der Waals surface area contributed by atoms with Gasteiger partial charge in [0.25, 0.3) is 0 Å². The van der Waals surface area contributed by atoms with Crippen molar-refractivity contribution in [3.63, 3.8) is 0 Å². The van der Waals surface area contributed by atoms with Crippen LogP contribution in [0.4, 0.5) is 0 Å². The van der Waals surface area contributed by atoms with Gasteiger partial charge in [0.05, 0.1) is 18.9 Å². The molecule has 0 aliphatic carbocycles. The highest BCUT2D eigenvalue weighted by atomic mass is 32.2. The van der Waals surface area contributed by atoms with Gasteiger partial charge >= 0.3 is 0 Å². The number of nitrogens with one attached hydrogen (secondary N) is 2. The van der Waals surface area contributed by atoms with Crippen molar-refractivity contribution in [2.75, 3.05) is 31.7 Å². The zero-order valence-electron chi connectivity index (χ0n) is 16.7. The smallest absolute Gasteiger partial charge is 0.191 e. The van der Waals surface area contributed by atoms with E-state index in [2.05, 4.69) is 28.6 Å². The summed E-state index contributed by atoms with van der Waals surface area (Å²) in [5, 5.41) is 6.36. The summed E-state index contributed by atoms with van der Waals surface area (Å²) in [4.78, 5) is 4.61. The van der Waals surface area contributed by atoms with E-state index < -0.39 is 9.84 Å². The number of benzene rings is 1. The predicted molar refractivity (Wildman–Crippen MR) is 109 cm³/mol. The van der Waals surface area contributed by atoms with Crippen molar-refractivity contribution in [2.45, 2.75) is 46.3 Å². The molecule has 1 aliphatic rings. The average Bonchev–Trinajstić information content (AvgIpc) is 2.94. The van der Waals surface area contributed by atoms with Gasteiger partial charge in [-0.1, -0.05) is 0 Å². The van der Waals surface area contributed by atoms with Gasteiger partial charge in [-0.2, -0.15) is 0 Å². The van der Waals surface area contributed by atoms with E-state index in [9.17, 15) is 8.42 Å². The minimum Gasteiger partial charge on any atom is -0.494 e. The topological polar surface area (TPSA) is 89.0 Å². The molecule has 0 fully saturated rings. The van der Waals surface area contributed by atoms with Gasteiger partial charge in [0.15, 0.2) is 5.96 Å². The summed E-state index contributed by atoms with van der Waals surface area (Å²) >= 11 is 0. The summed E-state index contributed by atoms with van der Waals surface area (Å²) in [6.07, 6.45) is 2.86. The average molecular weight is 398 g/mol. The second-order valence-electron chi connectivity index (χ2n) is 6.74. The Morgan fingerprint density at radius 1 is 1.33 bits per heavy atom. The lowest BCUT2D eigenvalue weighted by Gasteiger charge is -2.13. The first kappa shape index (κ1) is 21.3. The molecule has 1 heterocycles. The highest BCUT2D eigenvalue weighted by Gasteiger charge is 2.21. The molecular formula is C19H31N3O4S. The zero-order chi connectivity index (χ0) is 19.9. The van der Waals surface area contributed by atoms with E-state index in [-0.39, 0.29) is 11.9 Å². The number of aliphatic imine (C=N–C) groups is 1. The van der Waals surface area contributed by atoms with Crippen molar-refractivity contribution in [1.29, 1.82) is 0 Å².